The highest BCUT2D eigenvalue weighted by atomic mass is 19.4. The number of pyridine rings is 1. The van der Waals surface area contributed by atoms with Crippen LogP contribution in [0.2, 0.25) is 0 Å². The van der Waals surface area contributed by atoms with Crippen LogP contribution in [-0.4, -0.2) is 51.6 Å². The van der Waals surface area contributed by atoms with Gasteiger partial charge >= 0.3 is 6.18 Å². The van der Waals surface area contributed by atoms with Crippen molar-refractivity contribution in [2.24, 2.45) is 0 Å². The van der Waals surface area contributed by atoms with Crippen molar-refractivity contribution in [3.05, 3.63) is 101 Å². The van der Waals surface area contributed by atoms with Crippen molar-refractivity contribution in [3.8, 4) is 22.6 Å². The number of halogens is 3. The lowest BCUT2D eigenvalue weighted by Gasteiger charge is -2.16. The Morgan fingerprint density at radius 2 is 1.75 bits per heavy atom. The fourth-order valence-electron chi connectivity index (χ4n) is 4.54. The van der Waals surface area contributed by atoms with Crippen molar-refractivity contribution >= 4 is 23.2 Å². The monoisotopic (exact) mass is 601 g/mol. The smallest absolute Gasteiger partial charge is 0.356 e. The minimum absolute atomic E-state index is 0.281. The van der Waals surface area contributed by atoms with Gasteiger partial charge < -0.3 is 20.1 Å². The number of benzene rings is 2. The summed E-state index contributed by atoms with van der Waals surface area (Å²) in [5.41, 5.74) is 3.73. The first-order valence-corrected chi connectivity index (χ1v) is 13.7. The van der Waals surface area contributed by atoms with E-state index in [2.05, 4.69) is 30.7 Å². The molecule has 2 N–H and O–H groups in total. The van der Waals surface area contributed by atoms with E-state index in [1.54, 1.807) is 55.1 Å². The molecule has 5 aromatic rings. The number of carbonyl (C=O) groups is 1. The number of nitrogens with zero attached hydrogens (tertiary/aromatic N) is 5. The van der Waals surface area contributed by atoms with Gasteiger partial charge in [0.05, 0.1) is 23.0 Å². The summed E-state index contributed by atoms with van der Waals surface area (Å²) in [5, 5.41) is 9.58. The summed E-state index contributed by atoms with van der Waals surface area (Å²) in [7, 11) is 3.69. The molecule has 0 aliphatic heterocycles. The van der Waals surface area contributed by atoms with Gasteiger partial charge in [0.2, 0.25) is 5.95 Å². The number of aromatic nitrogens is 4. The number of aryl methyl sites for hydroxylation is 2. The maximum Gasteiger partial charge on any atom is 0.417 e. The molecule has 0 aliphatic carbocycles. The number of likely N-dealkylation sites (N-methyl/N-ethyl adjacent to an activating group) is 1. The molecular weight excluding hydrogens is 571 g/mol. The topological polar surface area (TPSA) is 109 Å². The summed E-state index contributed by atoms with van der Waals surface area (Å²) in [6.45, 7) is 4.32. The zero-order valence-electron chi connectivity index (χ0n) is 24.5. The Morgan fingerprint density at radius 3 is 2.48 bits per heavy atom. The molecule has 0 fully saturated rings. The van der Waals surface area contributed by atoms with Crippen molar-refractivity contribution in [2.45, 2.75) is 26.4 Å². The number of rotatable bonds is 9. The molecule has 226 valence electrons. The average molecular weight is 602 g/mol. The minimum atomic E-state index is -4.69. The van der Waals surface area contributed by atoms with E-state index in [1.807, 2.05) is 38.9 Å². The van der Waals surface area contributed by atoms with Crippen LogP contribution < -0.4 is 10.6 Å². The van der Waals surface area contributed by atoms with E-state index in [1.165, 1.54) is 6.07 Å². The van der Waals surface area contributed by atoms with E-state index < -0.39 is 23.2 Å². The third-order valence-corrected chi connectivity index (χ3v) is 6.92. The number of hydrogen-bond donors (Lipinski definition) is 2. The molecule has 0 unspecified atom stereocenters. The van der Waals surface area contributed by atoms with Crippen LogP contribution in [-0.2, 0) is 12.6 Å². The number of carbonyl (C=O) groups excluding carboxylic acids is 1. The molecule has 3 aromatic heterocycles. The first kappa shape index (κ1) is 30.4. The molecule has 3 heterocycles. The Labute approximate surface area is 252 Å². The van der Waals surface area contributed by atoms with Crippen molar-refractivity contribution in [3.63, 3.8) is 0 Å². The van der Waals surface area contributed by atoms with Crippen LogP contribution in [0.5, 0.6) is 0 Å². The molecule has 12 heteroatoms. The second kappa shape index (κ2) is 12.6. The molecule has 44 heavy (non-hydrogen) atoms. The lowest BCUT2D eigenvalue weighted by Crippen LogP contribution is -2.20. The zero-order valence-corrected chi connectivity index (χ0v) is 24.5. The SMILES string of the molecule is Cc1ccc(NC(=O)c2ccc(CCN(C)C)cc2C(F)(F)F)cc1Nc1nccc(-c2cncc(-c3oncc3C)c2)n1. The molecule has 0 saturated carbocycles. The Balaban J connectivity index is 1.36. The fraction of sp³-hybridized carbons (Fsp3) is 0.219. The van der Waals surface area contributed by atoms with E-state index in [-0.39, 0.29) is 5.95 Å². The Morgan fingerprint density at radius 1 is 0.955 bits per heavy atom. The van der Waals surface area contributed by atoms with E-state index in [4.69, 9.17) is 4.52 Å². The van der Waals surface area contributed by atoms with Crippen LogP contribution in [0.1, 0.15) is 32.6 Å². The third kappa shape index (κ3) is 7.09. The maximum atomic E-state index is 13.9. The number of anilines is 3. The normalized spacial score (nSPS) is 11.5. The predicted molar refractivity (Wildman–Crippen MR) is 162 cm³/mol. The van der Waals surface area contributed by atoms with Crippen LogP contribution in [0, 0.1) is 13.8 Å². The predicted octanol–water partition coefficient (Wildman–Crippen LogP) is 6.93. The van der Waals surface area contributed by atoms with E-state index in [9.17, 15) is 18.0 Å². The van der Waals surface area contributed by atoms with Crippen molar-refractivity contribution in [1.29, 1.82) is 0 Å². The van der Waals surface area contributed by atoms with Crippen LogP contribution in [0.15, 0.2) is 77.8 Å². The van der Waals surface area contributed by atoms with Crippen LogP contribution >= 0.6 is 0 Å². The van der Waals surface area contributed by atoms with E-state index in [0.717, 1.165) is 28.3 Å². The molecule has 2 aromatic carbocycles. The van der Waals surface area contributed by atoms with Gasteiger partial charge in [-0.2, -0.15) is 13.2 Å². The van der Waals surface area contributed by atoms with Crippen LogP contribution in [0.4, 0.5) is 30.5 Å². The van der Waals surface area contributed by atoms with Gasteiger partial charge in [-0.25, -0.2) is 9.97 Å². The van der Waals surface area contributed by atoms with Gasteiger partial charge in [-0.3, -0.25) is 9.78 Å². The van der Waals surface area contributed by atoms with Crippen molar-refractivity contribution in [2.75, 3.05) is 31.3 Å². The summed E-state index contributed by atoms with van der Waals surface area (Å²) in [5.74, 6) is 0.0331. The van der Waals surface area contributed by atoms with Crippen molar-refractivity contribution in [1.82, 2.24) is 25.0 Å². The molecule has 9 nitrogen and oxygen atoms in total. The lowest BCUT2D eigenvalue weighted by molar-refractivity contribution is -0.137. The molecule has 5 rings (SSSR count). The van der Waals surface area contributed by atoms with Gasteiger partial charge in [-0.15, -0.1) is 0 Å². The summed E-state index contributed by atoms with van der Waals surface area (Å²) in [4.78, 5) is 28.2. The highest BCUT2D eigenvalue weighted by Crippen LogP contribution is 2.34. The summed E-state index contributed by atoms with van der Waals surface area (Å²) < 4.78 is 47.1. The Hall–Kier alpha value is -5.10. The largest absolute Gasteiger partial charge is 0.417 e. The Bertz CT molecular complexity index is 1800. The quantitative estimate of drug-likeness (QED) is 0.187. The third-order valence-electron chi connectivity index (χ3n) is 6.92. The average Bonchev–Trinajstić information content (AvgIpc) is 3.43. The van der Waals surface area contributed by atoms with Crippen LogP contribution in [0.25, 0.3) is 22.6 Å². The fourth-order valence-corrected chi connectivity index (χ4v) is 4.54. The van der Waals surface area contributed by atoms with Gasteiger partial charge in [0.1, 0.15) is 0 Å². The second-order valence-electron chi connectivity index (χ2n) is 10.6. The highest BCUT2D eigenvalue weighted by molar-refractivity contribution is 6.05. The molecule has 0 saturated heterocycles. The molecule has 0 aliphatic rings. The molecule has 0 spiro atoms. The summed E-state index contributed by atoms with van der Waals surface area (Å²) in [6, 6.07) is 12.4. The number of hydrogen-bond acceptors (Lipinski definition) is 8. The van der Waals surface area contributed by atoms with Gasteiger partial charge in [0, 0.05) is 53.2 Å². The lowest BCUT2D eigenvalue weighted by atomic mass is 10.0. The number of alkyl halides is 3. The molecule has 0 atom stereocenters. The van der Waals surface area contributed by atoms with Gasteiger partial charge in [-0.05, 0) is 81.9 Å². The molecule has 1 amide bonds. The molecule has 0 radical (unpaired) electrons. The van der Waals surface area contributed by atoms with Gasteiger partial charge in [0.15, 0.2) is 5.76 Å². The highest BCUT2D eigenvalue weighted by Gasteiger charge is 2.35. The minimum Gasteiger partial charge on any atom is -0.356 e. The van der Waals surface area contributed by atoms with E-state index >= 15 is 0 Å². The second-order valence-corrected chi connectivity index (χ2v) is 10.6. The molecular formula is C32H30F3N7O2. The van der Waals surface area contributed by atoms with Gasteiger partial charge in [0.25, 0.3) is 5.91 Å². The molecule has 0 bridgehead atoms. The van der Waals surface area contributed by atoms with Crippen LogP contribution in [0.3, 0.4) is 0 Å². The van der Waals surface area contributed by atoms with Crippen molar-refractivity contribution < 1.29 is 22.5 Å². The van der Waals surface area contributed by atoms with E-state index in [0.29, 0.717) is 41.4 Å². The Kier molecular flexibility index (Phi) is 8.72. The maximum absolute atomic E-state index is 13.9. The first-order chi connectivity index (χ1) is 21.0. The number of amides is 1. The summed E-state index contributed by atoms with van der Waals surface area (Å²) in [6.07, 6.45) is 2.32. The van der Waals surface area contributed by atoms with Gasteiger partial charge in [-0.1, -0.05) is 17.3 Å². The first-order valence-electron chi connectivity index (χ1n) is 13.7. The standard InChI is InChI=1S/C32H30F3N7O2/c1-19-5-7-24(39-30(43)25-8-6-21(10-12-42(3)4)13-26(25)32(33,34)35)15-28(19)41-31-37-11-9-27(40-31)22-14-23(18-36-17-22)29-20(2)16-38-44-29/h5-9,11,13-18H,10,12H2,1-4H3,(H,39,43)(H,37,40,41). The summed E-state index contributed by atoms with van der Waals surface area (Å²) >= 11 is 0. The number of nitrogens with one attached hydrogen (secondary N) is 2. The zero-order chi connectivity index (χ0) is 31.4.